The molecule has 122 valence electrons. The van der Waals surface area contributed by atoms with Crippen molar-refractivity contribution in [1.82, 2.24) is 0 Å². The minimum Gasteiger partial charge on any atom is -0.497 e. The molecule has 0 bridgehead atoms. The SMILES string of the molecule is COc1ccc(C(C2=C(C3CC3)CC(C)=C(C)C2)=[N+](C)C)cc1. The van der Waals surface area contributed by atoms with Gasteiger partial charge in [0.15, 0.2) is 0 Å². The Morgan fingerprint density at radius 1 is 1.00 bits per heavy atom. The predicted molar refractivity (Wildman–Crippen MR) is 96.6 cm³/mol. The first kappa shape index (κ1) is 16.0. The second-order valence-corrected chi connectivity index (χ2v) is 7.16. The molecule has 0 atom stereocenters. The first-order chi connectivity index (χ1) is 11.0. The average Bonchev–Trinajstić information content (AvgIpc) is 3.36. The Labute approximate surface area is 140 Å². The van der Waals surface area contributed by atoms with Crippen LogP contribution < -0.4 is 4.74 Å². The maximum absolute atomic E-state index is 5.31. The molecule has 3 rings (SSSR count). The van der Waals surface area contributed by atoms with Gasteiger partial charge in [0, 0.05) is 11.1 Å². The molecule has 0 amide bonds. The molecule has 2 aliphatic carbocycles. The summed E-state index contributed by atoms with van der Waals surface area (Å²) in [6.45, 7) is 4.59. The molecule has 0 unspecified atom stereocenters. The third-order valence-corrected chi connectivity index (χ3v) is 5.18. The van der Waals surface area contributed by atoms with Gasteiger partial charge in [-0.2, -0.15) is 0 Å². The van der Waals surface area contributed by atoms with Crippen molar-refractivity contribution in [3.8, 4) is 5.75 Å². The molecule has 0 radical (unpaired) electrons. The Morgan fingerprint density at radius 2 is 1.61 bits per heavy atom. The van der Waals surface area contributed by atoms with Crippen molar-refractivity contribution in [2.75, 3.05) is 21.2 Å². The molecule has 0 spiro atoms. The third-order valence-electron chi connectivity index (χ3n) is 5.18. The number of ether oxygens (including phenoxy) is 1. The molecule has 0 heterocycles. The summed E-state index contributed by atoms with van der Waals surface area (Å²) in [5, 5.41) is 0. The van der Waals surface area contributed by atoms with E-state index in [2.05, 4.69) is 56.8 Å². The lowest BCUT2D eigenvalue weighted by molar-refractivity contribution is -0.463. The largest absolute Gasteiger partial charge is 0.497 e. The van der Waals surface area contributed by atoms with Crippen molar-refractivity contribution in [2.45, 2.75) is 39.5 Å². The minimum atomic E-state index is 0.821. The zero-order valence-corrected chi connectivity index (χ0v) is 15.1. The molecule has 1 fully saturated rings. The van der Waals surface area contributed by atoms with Crippen LogP contribution in [0.2, 0.25) is 0 Å². The van der Waals surface area contributed by atoms with Gasteiger partial charge < -0.3 is 4.74 Å². The van der Waals surface area contributed by atoms with Crippen LogP contribution in [0, 0.1) is 5.92 Å². The number of methoxy groups -OCH3 is 1. The van der Waals surface area contributed by atoms with E-state index < -0.39 is 0 Å². The maximum Gasteiger partial charge on any atom is 0.210 e. The fraction of sp³-hybridized carbons (Fsp3) is 0.476. The molecule has 2 aliphatic rings. The molecule has 1 aromatic carbocycles. The van der Waals surface area contributed by atoms with Crippen LogP contribution in [-0.2, 0) is 0 Å². The van der Waals surface area contributed by atoms with Crippen molar-refractivity contribution in [1.29, 1.82) is 0 Å². The first-order valence-electron chi connectivity index (χ1n) is 8.57. The topological polar surface area (TPSA) is 12.2 Å². The fourth-order valence-corrected chi connectivity index (χ4v) is 3.58. The first-order valence-corrected chi connectivity index (χ1v) is 8.57. The highest BCUT2D eigenvalue weighted by Crippen LogP contribution is 2.45. The molecular weight excluding hydrogens is 282 g/mol. The Balaban J connectivity index is 2.06. The van der Waals surface area contributed by atoms with Crippen molar-refractivity contribution in [3.05, 3.63) is 52.1 Å². The van der Waals surface area contributed by atoms with Gasteiger partial charge in [-0.25, -0.2) is 4.58 Å². The van der Waals surface area contributed by atoms with Crippen LogP contribution in [0.15, 0.2) is 46.6 Å². The number of rotatable bonds is 4. The second kappa shape index (κ2) is 6.35. The van der Waals surface area contributed by atoms with E-state index in [1.54, 1.807) is 23.8 Å². The maximum atomic E-state index is 5.31. The summed E-state index contributed by atoms with van der Waals surface area (Å²) < 4.78 is 7.60. The Bertz CT molecular complexity index is 696. The van der Waals surface area contributed by atoms with Crippen molar-refractivity contribution in [3.63, 3.8) is 0 Å². The van der Waals surface area contributed by atoms with Gasteiger partial charge in [0.05, 0.1) is 7.11 Å². The van der Waals surface area contributed by atoms with E-state index in [-0.39, 0.29) is 0 Å². The van der Waals surface area contributed by atoms with E-state index in [9.17, 15) is 0 Å². The van der Waals surface area contributed by atoms with Gasteiger partial charge >= 0.3 is 0 Å². The summed E-state index contributed by atoms with van der Waals surface area (Å²) in [5.41, 5.74) is 9.02. The Hall–Kier alpha value is -1.83. The molecule has 2 heteroatoms. The van der Waals surface area contributed by atoms with Gasteiger partial charge in [-0.3, -0.25) is 0 Å². The highest BCUT2D eigenvalue weighted by atomic mass is 16.5. The number of allylic oxidation sites excluding steroid dienone is 4. The number of hydrogen-bond donors (Lipinski definition) is 0. The number of benzene rings is 1. The number of nitrogens with zero attached hydrogens (tertiary/aromatic N) is 1. The summed E-state index contributed by atoms with van der Waals surface area (Å²) in [4.78, 5) is 0. The number of hydrogen-bond acceptors (Lipinski definition) is 1. The summed E-state index contributed by atoms with van der Waals surface area (Å²) in [6.07, 6.45) is 5.00. The molecule has 0 aliphatic heterocycles. The summed E-state index contributed by atoms with van der Waals surface area (Å²) in [6, 6.07) is 8.50. The van der Waals surface area contributed by atoms with Crippen LogP contribution in [0.4, 0.5) is 0 Å². The molecular formula is C21H28NO+. The monoisotopic (exact) mass is 310 g/mol. The van der Waals surface area contributed by atoms with Gasteiger partial charge in [-0.05, 0) is 69.7 Å². The molecule has 1 saturated carbocycles. The normalized spacial score (nSPS) is 18.3. The minimum absolute atomic E-state index is 0.821. The quantitative estimate of drug-likeness (QED) is 0.450. The lowest BCUT2D eigenvalue weighted by atomic mass is 9.81. The molecule has 1 aromatic rings. The highest BCUT2D eigenvalue weighted by molar-refractivity contribution is 6.10. The summed E-state index contributed by atoms with van der Waals surface area (Å²) >= 11 is 0. The fourth-order valence-electron chi connectivity index (χ4n) is 3.58. The zero-order valence-electron chi connectivity index (χ0n) is 15.1. The Kier molecular flexibility index (Phi) is 4.43. The van der Waals surface area contributed by atoms with Gasteiger partial charge in [-0.15, -0.1) is 0 Å². The molecule has 2 nitrogen and oxygen atoms in total. The van der Waals surface area contributed by atoms with E-state index >= 15 is 0 Å². The standard InChI is InChI=1S/C21H28NO/c1-14-12-19(16-6-7-16)20(13-15(14)2)21(22(3)4)17-8-10-18(23-5)11-9-17/h8-11,16H,6-7,12-13H2,1-5H3/q+1. The van der Waals surface area contributed by atoms with Gasteiger partial charge in [0.25, 0.3) is 0 Å². The van der Waals surface area contributed by atoms with Crippen molar-refractivity contribution in [2.24, 2.45) is 5.92 Å². The van der Waals surface area contributed by atoms with Crippen LogP contribution in [0.25, 0.3) is 0 Å². The molecule has 0 aromatic heterocycles. The summed E-state index contributed by atoms with van der Waals surface area (Å²) in [7, 11) is 6.05. The van der Waals surface area contributed by atoms with E-state index in [0.29, 0.717) is 0 Å². The van der Waals surface area contributed by atoms with Crippen LogP contribution >= 0.6 is 0 Å². The van der Waals surface area contributed by atoms with Crippen LogP contribution in [0.5, 0.6) is 5.75 Å². The van der Waals surface area contributed by atoms with E-state index in [1.165, 1.54) is 36.1 Å². The van der Waals surface area contributed by atoms with Gasteiger partial charge in [-0.1, -0.05) is 16.7 Å². The highest BCUT2D eigenvalue weighted by Gasteiger charge is 2.34. The molecule has 0 saturated heterocycles. The van der Waals surface area contributed by atoms with E-state index in [0.717, 1.165) is 18.1 Å². The summed E-state index contributed by atoms with van der Waals surface area (Å²) in [5.74, 6) is 1.74. The van der Waals surface area contributed by atoms with Crippen LogP contribution in [-0.4, -0.2) is 31.5 Å². The third kappa shape index (κ3) is 3.26. The van der Waals surface area contributed by atoms with Crippen molar-refractivity contribution >= 4 is 5.71 Å². The van der Waals surface area contributed by atoms with E-state index in [4.69, 9.17) is 4.74 Å². The smallest absolute Gasteiger partial charge is 0.210 e. The second-order valence-electron chi connectivity index (χ2n) is 7.16. The van der Waals surface area contributed by atoms with Gasteiger partial charge in [0.2, 0.25) is 5.71 Å². The van der Waals surface area contributed by atoms with Crippen molar-refractivity contribution < 1.29 is 9.31 Å². The molecule has 23 heavy (non-hydrogen) atoms. The average molecular weight is 310 g/mol. The molecule has 0 N–H and O–H groups in total. The van der Waals surface area contributed by atoms with Crippen LogP contribution in [0.3, 0.4) is 0 Å². The van der Waals surface area contributed by atoms with Gasteiger partial charge in [0.1, 0.15) is 19.8 Å². The lowest BCUT2D eigenvalue weighted by Crippen LogP contribution is -2.22. The van der Waals surface area contributed by atoms with E-state index in [1.807, 2.05) is 0 Å². The lowest BCUT2D eigenvalue weighted by Gasteiger charge is -2.23. The Morgan fingerprint density at radius 3 is 2.13 bits per heavy atom. The predicted octanol–water partition coefficient (Wildman–Crippen LogP) is 4.59. The van der Waals surface area contributed by atoms with Crippen LogP contribution in [0.1, 0.15) is 45.1 Å². The zero-order chi connectivity index (χ0) is 16.6.